The summed E-state index contributed by atoms with van der Waals surface area (Å²) in [4.78, 5) is 31.5. The lowest BCUT2D eigenvalue weighted by Gasteiger charge is -2.47. The number of amides is 2. The normalized spacial score (nSPS) is 27.2. The smallest absolute Gasteiger partial charge is 0.278 e. The molecule has 3 aromatic carbocycles. The van der Waals surface area contributed by atoms with Gasteiger partial charge in [-0.05, 0) is 41.8 Å². The maximum absolute atomic E-state index is 14.3. The lowest BCUT2D eigenvalue weighted by molar-refractivity contribution is -0.209. The van der Waals surface area contributed by atoms with Crippen molar-refractivity contribution in [2.45, 2.75) is 41.8 Å². The number of rotatable bonds is 5. The Morgan fingerprint density at radius 1 is 1.02 bits per heavy atom. The predicted molar refractivity (Wildman–Crippen MR) is 142 cm³/mol. The second kappa shape index (κ2) is 8.80. The summed E-state index contributed by atoms with van der Waals surface area (Å²) in [5.74, 6) is -2.18. The zero-order chi connectivity index (χ0) is 28.4. The van der Waals surface area contributed by atoms with Gasteiger partial charge in [0.2, 0.25) is 12.0 Å². The molecule has 40 heavy (non-hydrogen) atoms. The predicted octanol–water partition coefficient (Wildman–Crippen LogP) is 2.17. The number of aryl methyl sites for hydroxylation is 1. The van der Waals surface area contributed by atoms with Gasteiger partial charge in [0.15, 0.2) is 0 Å². The number of piperazine rings is 1. The van der Waals surface area contributed by atoms with Gasteiger partial charge in [-0.1, -0.05) is 71.3 Å². The van der Waals surface area contributed by atoms with Gasteiger partial charge in [0, 0.05) is 11.3 Å². The first kappa shape index (κ1) is 25.8. The highest BCUT2D eigenvalue weighted by atomic mass is 32.2. The van der Waals surface area contributed by atoms with Crippen molar-refractivity contribution in [3.8, 4) is 0 Å². The van der Waals surface area contributed by atoms with Crippen LogP contribution in [0.2, 0.25) is 0 Å². The van der Waals surface area contributed by atoms with Crippen molar-refractivity contribution in [3.63, 3.8) is 0 Å². The summed E-state index contributed by atoms with van der Waals surface area (Å²) in [6.45, 7) is 1.18. The van der Waals surface area contributed by atoms with Crippen molar-refractivity contribution in [2.24, 2.45) is 5.11 Å². The molecule has 4 atom stereocenters. The van der Waals surface area contributed by atoms with Gasteiger partial charge in [0.05, 0.1) is 16.0 Å². The molecule has 0 unspecified atom stereocenters. The zero-order valence-electron chi connectivity index (χ0n) is 21.2. The summed E-state index contributed by atoms with van der Waals surface area (Å²) in [7, 11) is -4.37. The maximum Gasteiger partial charge on any atom is 0.278 e. The molecule has 2 saturated heterocycles. The number of anilines is 1. The van der Waals surface area contributed by atoms with Crippen LogP contribution in [0.4, 0.5) is 5.69 Å². The summed E-state index contributed by atoms with van der Waals surface area (Å²) in [5.41, 5.74) is 7.08. The number of aliphatic hydroxyl groups excluding tert-OH is 1. The van der Waals surface area contributed by atoms with Crippen molar-refractivity contribution < 1.29 is 28.2 Å². The van der Waals surface area contributed by atoms with Crippen LogP contribution in [0, 0.1) is 6.92 Å². The Morgan fingerprint density at radius 3 is 2.35 bits per heavy atom. The average molecular weight is 561 g/mol. The van der Waals surface area contributed by atoms with Gasteiger partial charge in [-0.2, -0.15) is 0 Å². The van der Waals surface area contributed by atoms with Gasteiger partial charge < -0.3 is 10.2 Å². The third kappa shape index (κ3) is 3.26. The fourth-order valence-corrected chi connectivity index (χ4v) is 7.93. The van der Waals surface area contributed by atoms with E-state index in [1.807, 2.05) is 19.1 Å². The second-order valence-electron chi connectivity index (χ2n) is 10.1. The molecular weight excluding hydrogens is 536 g/mol. The molecule has 12 nitrogen and oxygen atoms in total. The van der Waals surface area contributed by atoms with Gasteiger partial charge in [-0.15, -0.1) is 0 Å². The zero-order valence-corrected chi connectivity index (χ0v) is 22.0. The van der Waals surface area contributed by atoms with Crippen molar-refractivity contribution in [3.05, 3.63) is 106 Å². The van der Waals surface area contributed by atoms with Crippen LogP contribution in [0.25, 0.3) is 10.4 Å². The number of para-hydroxylation sites is 1. The van der Waals surface area contributed by atoms with E-state index in [2.05, 4.69) is 10.0 Å². The first-order valence-corrected chi connectivity index (χ1v) is 13.8. The molecule has 0 radical (unpaired) electrons. The molecule has 0 saturated carbocycles. The molecule has 2 amide bonds. The first-order chi connectivity index (χ1) is 19.1. The number of carbonyl (C=O) groups is 2. The number of benzene rings is 3. The van der Waals surface area contributed by atoms with Gasteiger partial charge in [0.1, 0.15) is 12.8 Å². The minimum atomic E-state index is -4.37. The molecule has 3 heterocycles. The van der Waals surface area contributed by atoms with Crippen molar-refractivity contribution in [1.29, 1.82) is 0 Å². The third-order valence-electron chi connectivity index (χ3n) is 7.96. The van der Waals surface area contributed by atoms with E-state index in [1.165, 1.54) is 12.1 Å². The Bertz CT molecular complexity index is 1690. The number of hydrogen-bond acceptors (Lipinski definition) is 7. The number of hydrogen-bond donors (Lipinski definition) is 2. The highest BCUT2D eigenvalue weighted by Gasteiger charge is 2.74. The third-order valence-corrected chi connectivity index (χ3v) is 9.74. The Hall–Kier alpha value is -4.42. The lowest BCUT2D eigenvalue weighted by atomic mass is 9.71. The van der Waals surface area contributed by atoms with E-state index >= 15 is 0 Å². The highest BCUT2D eigenvalue weighted by molar-refractivity contribution is 7.92. The number of aliphatic hydroxyl groups is 2. The maximum atomic E-state index is 14.3. The van der Waals surface area contributed by atoms with E-state index in [9.17, 15) is 28.2 Å². The standard InChI is InChI=1S/C27H24N6O6S/c1-17-11-13-18(14-12-17)26-15-27(37)25(36)31(16-29-30-28)22(34)23(35)32(27)24(26)33(21-10-6-5-9-20(21)26)40(38,39)19-7-3-2-4-8-19/h2-14,22,24,34,37H,15-16H2,1H3/t22-,24+,26+,27-/m1/s1. The quantitative estimate of drug-likeness (QED) is 0.275. The molecule has 0 aromatic heterocycles. The summed E-state index contributed by atoms with van der Waals surface area (Å²) in [6.07, 6.45) is -3.97. The summed E-state index contributed by atoms with van der Waals surface area (Å²) >= 11 is 0. The Labute approximate surface area is 229 Å². The molecule has 0 spiro atoms. The molecule has 3 aromatic rings. The Morgan fingerprint density at radius 2 is 1.68 bits per heavy atom. The van der Waals surface area contributed by atoms with Crippen LogP contribution in [-0.2, 0) is 25.0 Å². The molecule has 0 bridgehead atoms. The fourth-order valence-electron chi connectivity index (χ4n) is 6.24. The largest absolute Gasteiger partial charge is 0.365 e. The van der Waals surface area contributed by atoms with Crippen LogP contribution in [0.15, 0.2) is 88.9 Å². The van der Waals surface area contributed by atoms with E-state index < -0.39 is 58.5 Å². The van der Waals surface area contributed by atoms with E-state index in [4.69, 9.17) is 5.53 Å². The molecule has 3 aliphatic rings. The van der Waals surface area contributed by atoms with Crippen LogP contribution in [0.5, 0.6) is 0 Å². The topological polar surface area (TPSA) is 167 Å². The van der Waals surface area contributed by atoms with E-state index in [0.717, 1.165) is 14.8 Å². The van der Waals surface area contributed by atoms with Crippen LogP contribution in [0.3, 0.4) is 0 Å². The van der Waals surface area contributed by atoms with Crippen LogP contribution in [-0.4, -0.2) is 65.0 Å². The van der Waals surface area contributed by atoms with Crippen LogP contribution in [0.1, 0.15) is 23.1 Å². The minimum absolute atomic E-state index is 0.0544. The van der Waals surface area contributed by atoms with Crippen LogP contribution < -0.4 is 4.31 Å². The molecule has 204 valence electrons. The Balaban J connectivity index is 1.67. The van der Waals surface area contributed by atoms with Crippen LogP contribution >= 0.6 is 0 Å². The van der Waals surface area contributed by atoms with E-state index in [0.29, 0.717) is 16.0 Å². The number of carbonyl (C=O) groups excluding carboxylic acids is 2. The number of sulfonamides is 1. The van der Waals surface area contributed by atoms with Crippen molar-refractivity contribution in [2.75, 3.05) is 11.0 Å². The second-order valence-corrected chi connectivity index (χ2v) is 11.9. The van der Waals surface area contributed by atoms with Crippen molar-refractivity contribution in [1.82, 2.24) is 9.80 Å². The van der Waals surface area contributed by atoms with Gasteiger partial charge in [0.25, 0.3) is 21.8 Å². The molecule has 13 heteroatoms. The molecule has 0 aliphatic carbocycles. The fraction of sp³-hybridized carbons (Fsp3) is 0.259. The summed E-state index contributed by atoms with van der Waals surface area (Å²) in [5, 5.41) is 26.2. The average Bonchev–Trinajstić information content (AvgIpc) is 3.40. The van der Waals surface area contributed by atoms with Gasteiger partial charge in [-0.25, -0.2) is 12.7 Å². The van der Waals surface area contributed by atoms with Gasteiger partial charge >= 0.3 is 0 Å². The highest BCUT2D eigenvalue weighted by Crippen LogP contribution is 2.62. The molecule has 2 N–H and O–H groups in total. The number of fused-ring (bicyclic) bond motifs is 5. The minimum Gasteiger partial charge on any atom is -0.365 e. The molecule has 6 rings (SSSR count). The SMILES string of the molecule is Cc1ccc([C@]23C[C@@]4(O)C(=O)N(CN=[N+]=[N-])[C@H](O)C(=O)N4[C@H]2N(S(=O)(=O)c2ccccc2)c2ccccc23)cc1. The van der Waals surface area contributed by atoms with Crippen molar-refractivity contribution >= 4 is 27.5 Å². The van der Waals surface area contributed by atoms with E-state index in [1.54, 1.807) is 54.6 Å². The molecule has 2 fully saturated rings. The monoisotopic (exact) mass is 560 g/mol. The lowest BCUT2D eigenvalue weighted by Crippen LogP contribution is -2.72. The Kier molecular flexibility index (Phi) is 5.68. The molecule has 3 aliphatic heterocycles. The van der Waals surface area contributed by atoms with E-state index in [-0.39, 0.29) is 10.6 Å². The summed E-state index contributed by atoms with van der Waals surface area (Å²) < 4.78 is 29.7. The summed E-state index contributed by atoms with van der Waals surface area (Å²) in [6, 6.07) is 21.6. The number of nitrogens with zero attached hydrogens (tertiary/aromatic N) is 6. The first-order valence-electron chi connectivity index (χ1n) is 12.4. The number of azide groups is 1. The molecular formula is C27H24N6O6S. The van der Waals surface area contributed by atoms with Gasteiger partial charge in [-0.3, -0.25) is 19.4 Å².